The Labute approximate surface area is 95.0 Å². The van der Waals surface area contributed by atoms with Crippen LogP contribution in [-0.4, -0.2) is 18.6 Å². The predicted molar refractivity (Wildman–Crippen MR) is 61.6 cm³/mol. The molecule has 1 fully saturated rings. The molecule has 0 N–H and O–H groups in total. The smallest absolute Gasteiger partial charge is 0.230 e. The lowest BCUT2D eigenvalue weighted by Crippen LogP contribution is -2.45. The molecule has 1 aromatic rings. The maximum atomic E-state index is 12.2. The van der Waals surface area contributed by atoms with E-state index in [-0.39, 0.29) is 17.9 Å². The van der Waals surface area contributed by atoms with Crippen LogP contribution in [-0.2, 0) is 4.79 Å². The van der Waals surface area contributed by atoms with Crippen molar-refractivity contribution in [3.05, 3.63) is 24.3 Å². The first kappa shape index (κ1) is 9.70. The zero-order valence-electron chi connectivity index (χ0n) is 9.35. The van der Waals surface area contributed by atoms with Crippen LogP contribution in [0.1, 0.15) is 19.8 Å². The second kappa shape index (κ2) is 3.51. The van der Waals surface area contributed by atoms with Crippen molar-refractivity contribution in [2.24, 2.45) is 5.92 Å². The van der Waals surface area contributed by atoms with Crippen molar-refractivity contribution in [3.8, 4) is 5.75 Å². The van der Waals surface area contributed by atoms with Gasteiger partial charge < -0.3 is 9.64 Å². The van der Waals surface area contributed by atoms with Crippen molar-refractivity contribution >= 4 is 11.6 Å². The van der Waals surface area contributed by atoms with Gasteiger partial charge in [-0.3, -0.25) is 4.79 Å². The molecule has 1 unspecified atom stereocenters. The van der Waals surface area contributed by atoms with Gasteiger partial charge in [0, 0.05) is 5.92 Å². The van der Waals surface area contributed by atoms with Crippen molar-refractivity contribution in [1.29, 1.82) is 0 Å². The average molecular weight is 217 g/mol. The molecule has 3 nitrogen and oxygen atoms in total. The van der Waals surface area contributed by atoms with Gasteiger partial charge in [0.05, 0.1) is 11.7 Å². The maximum Gasteiger partial charge on any atom is 0.230 e. The van der Waals surface area contributed by atoms with E-state index in [0.717, 1.165) is 24.3 Å². The standard InChI is InChI=1S/C13H15NO2/c1-9-8-16-12-5-3-2-4-11(12)14(9)13(15)10-6-7-10/h2-5,9-10H,6-8H2,1H3. The summed E-state index contributed by atoms with van der Waals surface area (Å²) in [5.74, 6) is 1.35. The Morgan fingerprint density at radius 2 is 2.12 bits per heavy atom. The normalized spacial score (nSPS) is 23.6. The average Bonchev–Trinajstić information content (AvgIpc) is 3.12. The fourth-order valence-electron chi connectivity index (χ4n) is 2.16. The fourth-order valence-corrected chi connectivity index (χ4v) is 2.16. The van der Waals surface area contributed by atoms with Crippen LogP contribution in [0.3, 0.4) is 0 Å². The van der Waals surface area contributed by atoms with Gasteiger partial charge in [-0.1, -0.05) is 12.1 Å². The Hall–Kier alpha value is -1.51. The number of carbonyl (C=O) groups is 1. The lowest BCUT2D eigenvalue weighted by atomic mass is 10.1. The minimum Gasteiger partial charge on any atom is -0.489 e. The summed E-state index contributed by atoms with van der Waals surface area (Å²) in [6.07, 6.45) is 2.09. The van der Waals surface area contributed by atoms with Gasteiger partial charge in [-0.2, -0.15) is 0 Å². The van der Waals surface area contributed by atoms with Gasteiger partial charge in [-0.25, -0.2) is 0 Å². The summed E-state index contributed by atoms with van der Waals surface area (Å²) in [4.78, 5) is 14.1. The highest BCUT2D eigenvalue weighted by molar-refractivity contribution is 5.98. The first-order valence-electron chi connectivity index (χ1n) is 5.82. The molecule has 0 spiro atoms. The van der Waals surface area contributed by atoms with Crippen LogP contribution in [0, 0.1) is 5.92 Å². The number of fused-ring (bicyclic) bond motifs is 1. The summed E-state index contributed by atoms with van der Waals surface area (Å²) < 4.78 is 5.62. The predicted octanol–water partition coefficient (Wildman–Crippen LogP) is 2.21. The molecule has 1 aliphatic carbocycles. The van der Waals surface area contributed by atoms with Gasteiger partial charge in [0.2, 0.25) is 5.91 Å². The number of ether oxygens (including phenoxy) is 1. The molecule has 3 rings (SSSR count). The van der Waals surface area contributed by atoms with E-state index < -0.39 is 0 Å². The number of nitrogens with zero attached hydrogens (tertiary/aromatic N) is 1. The molecule has 1 amide bonds. The van der Waals surface area contributed by atoms with E-state index in [1.54, 1.807) is 0 Å². The Balaban J connectivity index is 1.99. The van der Waals surface area contributed by atoms with E-state index >= 15 is 0 Å². The topological polar surface area (TPSA) is 29.5 Å². The van der Waals surface area contributed by atoms with Gasteiger partial charge >= 0.3 is 0 Å². The van der Waals surface area contributed by atoms with Gasteiger partial charge in [-0.15, -0.1) is 0 Å². The highest BCUT2D eigenvalue weighted by Gasteiger charge is 2.38. The molecular weight excluding hydrogens is 202 g/mol. The summed E-state index contributed by atoms with van der Waals surface area (Å²) in [6.45, 7) is 2.63. The third-order valence-corrected chi connectivity index (χ3v) is 3.21. The van der Waals surface area contributed by atoms with Crippen LogP contribution in [0.5, 0.6) is 5.75 Å². The fraction of sp³-hybridized carbons (Fsp3) is 0.462. The zero-order chi connectivity index (χ0) is 11.1. The van der Waals surface area contributed by atoms with E-state index in [1.165, 1.54) is 0 Å². The second-order valence-corrected chi connectivity index (χ2v) is 4.61. The highest BCUT2D eigenvalue weighted by atomic mass is 16.5. The van der Waals surface area contributed by atoms with Gasteiger partial charge in [0.25, 0.3) is 0 Å². The third-order valence-electron chi connectivity index (χ3n) is 3.21. The monoisotopic (exact) mass is 217 g/mol. The molecular formula is C13H15NO2. The summed E-state index contributed by atoms with van der Waals surface area (Å²) in [6, 6.07) is 7.92. The number of hydrogen-bond donors (Lipinski definition) is 0. The van der Waals surface area contributed by atoms with Crippen molar-refractivity contribution in [2.45, 2.75) is 25.8 Å². The van der Waals surface area contributed by atoms with E-state index in [4.69, 9.17) is 4.74 Å². The van der Waals surface area contributed by atoms with Crippen LogP contribution in [0.15, 0.2) is 24.3 Å². The molecule has 0 radical (unpaired) electrons. The summed E-state index contributed by atoms with van der Waals surface area (Å²) in [5, 5.41) is 0. The van der Waals surface area contributed by atoms with Gasteiger partial charge in [-0.05, 0) is 31.9 Å². The first-order valence-corrected chi connectivity index (χ1v) is 5.82. The van der Waals surface area contributed by atoms with Crippen molar-refractivity contribution in [3.63, 3.8) is 0 Å². The van der Waals surface area contributed by atoms with Crippen LogP contribution in [0.2, 0.25) is 0 Å². The molecule has 84 valence electrons. The first-order chi connectivity index (χ1) is 7.77. The van der Waals surface area contributed by atoms with Gasteiger partial charge in [0.15, 0.2) is 0 Å². The summed E-state index contributed by atoms with van der Waals surface area (Å²) in [7, 11) is 0. The Morgan fingerprint density at radius 3 is 2.88 bits per heavy atom. The number of rotatable bonds is 1. The molecule has 1 atom stereocenters. The third kappa shape index (κ3) is 1.47. The zero-order valence-corrected chi connectivity index (χ0v) is 9.35. The van der Waals surface area contributed by atoms with Crippen LogP contribution in [0.4, 0.5) is 5.69 Å². The Morgan fingerprint density at radius 1 is 1.38 bits per heavy atom. The van der Waals surface area contributed by atoms with Crippen molar-refractivity contribution in [1.82, 2.24) is 0 Å². The Kier molecular flexibility index (Phi) is 2.13. The quantitative estimate of drug-likeness (QED) is 0.721. The number of carbonyl (C=O) groups excluding carboxylic acids is 1. The summed E-state index contributed by atoms with van der Waals surface area (Å²) >= 11 is 0. The minimum absolute atomic E-state index is 0.142. The van der Waals surface area contributed by atoms with E-state index in [0.29, 0.717) is 6.61 Å². The number of amides is 1. The van der Waals surface area contributed by atoms with Crippen molar-refractivity contribution < 1.29 is 9.53 Å². The molecule has 3 heteroatoms. The van der Waals surface area contributed by atoms with Crippen LogP contribution >= 0.6 is 0 Å². The van der Waals surface area contributed by atoms with Gasteiger partial charge in [0.1, 0.15) is 12.4 Å². The molecule has 16 heavy (non-hydrogen) atoms. The molecule has 1 aromatic carbocycles. The number of para-hydroxylation sites is 2. The largest absolute Gasteiger partial charge is 0.489 e. The van der Waals surface area contributed by atoms with Crippen LogP contribution in [0.25, 0.3) is 0 Å². The van der Waals surface area contributed by atoms with E-state index in [9.17, 15) is 4.79 Å². The SMILES string of the molecule is CC1COc2ccccc2N1C(=O)C1CC1. The molecule has 2 aliphatic rings. The number of hydrogen-bond acceptors (Lipinski definition) is 2. The lowest BCUT2D eigenvalue weighted by Gasteiger charge is -2.35. The Bertz CT molecular complexity index is 426. The van der Waals surface area contributed by atoms with Crippen molar-refractivity contribution in [2.75, 3.05) is 11.5 Å². The van der Waals surface area contributed by atoms with E-state index in [1.807, 2.05) is 36.1 Å². The molecule has 0 aromatic heterocycles. The maximum absolute atomic E-state index is 12.2. The molecule has 1 saturated carbocycles. The summed E-state index contributed by atoms with van der Waals surface area (Å²) in [5.41, 5.74) is 0.929. The second-order valence-electron chi connectivity index (χ2n) is 4.61. The lowest BCUT2D eigenvalue weighted by molar-refractivity contribution is -0.120. The minimum atomic E-state index is 0.142. The molecule has 0 bridgehead atoms. The molecule has 1 aliphatic heterocycles. The number of anilines is 1. The van der Waals surface area contributed by atoms with Crippen LogP contribution < -0.4 is 9.64 Å². The van der Waals surface area contributed by atoms with E-state index in [2.05, 4.69) is 0 Å². The number of benzene rings is 1. The molecule has 0 saturated heterocycles. The molecule has 1 heterocycles. The highest BCUT2D eigenvalue weighted by Crippen LogP contribution is 2.38.